The maximum atomic E-state index is 12.0. The molecule has 0 bridgehead atoms. The molecule has 0 atom stereocenters. The van der Waals surface area contributed by atoms with Crippen molar-refractivity contribution in [3.05, 3.63) is 41.0 Å². The third-order valence-corrected chi connectivity index (χ3v) is 3.79. The zero-order valence-corrected chi connectivity index (χ0v) is 10.6. The van der Waals surface area contributed by atoms with E-state index in [0.717, 1.165) is 50.0 Å². The Balaban J connectivity index is 1.61. The van der Waals surface area contributed by atoms with Crippen molar-refractivity contribution >= 4 is 5.78 Å². The quantitative estimate of drug-likeness (QED) is 0.810. The number of carbonyl (C=O) groups is 1. The number of rotatable bonds is 4. The van der Waals surface area contributed by atoms with Crippen LogP contribution in [0.25, 0.3) is 0 Å². The highest BCUT2D eigenvalue weighted by Crippen LogP contribution is 2.27. The molecule has 0 aromatic heterocycles. The zero-order valence-electron chi connectivity index (χ0n) is 10.6. The van der Waals surface area contributed by atoms with Gasteiger partial charge in [0.15, 0.2) is 5.78 Å². The van der Waals surface area contributed by atoms with Crippen molar-refractivity contribution in [1.29, 1.82) is 0 Å². The van der Waals surface area contributed by atoms with Crippen LogP contribution in [0.15, 0.2) is 29.8 Å². The second-order valence-electron chi connectivity index (χ2n) is 5.09. The molecular formula is C16H18O2. The molecule has 0 saturated heterocycles. The number of hydrogen-bond acceptors (Lipinski definition) is 2. The summed E-state index contributed by atoms with van der Waals surface area (Å²) in [6.45, 7) is 0.796. The molecule has 0 fully saturated rings. The number of aryl methyl sites for hydroxylation is 1. The Bertz CT molecular complexity index is 500. The number of hydrogen-bond donors (Lipinski definition) is 0. The number of ketones is 1. The van der Waals surface area contributed by atoms with Crippen LogP contribution in [-0.2, 0) is 17.6 Å². The molecule has 2 aliphatic rings. The minimum absolute atomic E-state index is 0.337. The van der Waals surface area contributed by atoms with Gasteiger partial charge in [-0.05, 0) is 48.4 Å². The van der Waals surface area contributed by atoms with Crippen LogP contribution < -0.4 is 4.74 Å². The van der Waals surface area contributed by atoms with Crippen LogP contribution in [-0.4, -0.2) is 12.4 Å². The SMILES string of the molecule is O=C(CCc1ccc2c(c1)CCO2)C1=CCCC1. The molecule has 0 amide bonds. The van der Waals surface area contributed by atoms with Crippen LogP contribution >= 0.6 is 0 Å². The van der Waals surface area contributed by atoms with Gasteiger partial charge in [-0.15, -0.1) is 0 Å². The summed E-state index contributed by atoms with van der Waals surface area (Å²) in [5.41, 5.74) is 3.60. The second-order valence-corrected chi connectivity index (χ2v) is 5.09. The molecule has 1 heterocycles. The van der Waals surface area contributed by atoms with E-state index in [4.69, 9.17) is 4.74 Å². The lowest BCUT2D eigenvalue weighted by atomic mass is 10.0. The molecule has 94 valence electrons. The largest absolute Gasteiger partial charge is 0.493 e. The van der Waals surface area contributed by atoms with Gasteiger partial charge in [0.25, 0.3) is 0 Å². The number of benzene rings is 1. The summed E-state index contributed by atoms with van der Waals surface area (Å²) in [7, 11) is 0. The fourth-order valence-electron chi connectivity index (χ4n) is 2.74. The first-order valence-corrected chi connectivity index (χ1v) is 6.80. The summed E-state index contributed by atoms with van der Waals surface area (Å²) in [6.07, 6.45) is 7.82. The van der Waals surface area contributed by atoms with Gasteiger partial charge >= 0.3 is 0 Å². The molecule has 0 radical (unpaired) electrons. The average Bonchev–Trinajstić information content (AvgIpc) is 3.05. The van der Waals surface area contributed by atoms with Gasteiger partial charge in [-0.2, -0.15) is 0 Å². The van der Waals surface area contributed by atoms with Gasteiger partial charge in [0.1, 0.15) is 5.75 Å². The van der Waals surface area contributed by atoms with Crippen LogP contribution in [0.4, 0.5) is 0 Å². The van der Waals surface area contributed by atoms with Crippen LogP contribution in [0, 0.1) is 0 Å². The number of Topliss-reactive ketones (excluding diaryl/α,β-unsaturated/α-hetero) is 1. The highest BCUT2D eigenvalue weighted by Gasteiger charge is 2.15. The zero-order chi connectivity index (χ0) is 12.4. The number of carbonyl (C=O) groups excluding carboxylic acids is 1. The maximum absolute atomic E-state index is 12.0. The van der Waals surface area contributed by atoms with E-state index in [1.165, 1.54) is 11.1 Å². The Labute approximate surface area is 108 Å². The Morgan fingerprint density at radius 2 is 2.22 bits per heavy atom. The Kier molecular flexibility index (Phi) is 3.18. The maximum Gasteiger partial charge on any atom is 0.158 e. The van der Waals surface area contributed by atoms with Crippen molar-refractivity contribution in [2.75, 3.05) is 6.61 Å². The van der Waals surface area contributed by atoms with Crippen LogP contribution in [0.3, 0.4) is 0 Å². The van der Waals surface area contributed by atoms with Gasteiger partial charge in [-0.3, -0.25) is 4.79 Å². The van der Waals surface area contributed by atoms with Crippen molar-refractivity contribution in [3.8, 4) is 5.75 Å². The van der Waals surface area contributed by atoms with Gasteiger partial charge in [0, 0.05) is 12.8 Å². The van der Waals surface area contributed by atoms with E-state index in [1.54, 1.807) is 0 Å². The molecule has 2 nitrogen and oxygen atoms in total. The fraction of sp³-hybridized carbons (Fsp3) is 0.438. The number of ether oxygens (including phenoxy) is 1. The van der Waals surface area contributed by atoms with E-state index in [-0.39, 0.29) is 0 Å². The average molecular weight is 242 g/mol. The predicted molar refractivity (Wildman–Crippen MR) is 70.9 cm³/mol. The fourth-order valence-corrected chi connectivity index (χ4v) is 2.74. The summed E-state index contributed by atoms with van der Waals surface area (Å²) >= 11 is 0. The van der Waals surface area contributed by atoms with Gasteiger partial charge in [0.05, 0.1) is 6.61 Å². The monoisotopic (exact) mass is 242 g/mol. The first-order chi connectivity index (χ1) is 8.83. The van der Waals surface area contributed by atoms with E-state index < -0.39 is 0 Å². The molecule has 0 spiro atoms. The van der Waals surface area contributed by atoms with E-state index in [2.05, 4.69) is 18.2 Å². The number of allylic oxidation sites excluding steroid dienone is 2. The van der Waals surface area contributed by atoms with Gasteiger partial charge < -0.3 is 4.74 Å². The minimum atomic E-state index is 0.337. The molecule has 0 saturated carbocycles. The summed E-state index contributed by atoms with van der Waals surface area (Å²) < 4.78 is 5.48. The Morgan fingerprint density at radius 3 is 3.06 bits per heavy atom. The molecule has 1 aromatic rings. The van der Waals surface area contributed by atoms with Gasteiger partial charge in [0.2, 0.25) is 0 Å². The first kappa shape index (κ1) is 11.5. The molecule has 18 heavy (non-hydrogen) atoms. The van der Waals surface area contributed by atoms with Crippen molar-refractivity contribution in [2.24, 2.45) is 0 Å². The third-order valence-electron chi connectivity index (χ3n) is 3.79. The summed E-state index contributed by atoms with van der Waals surface area (Å²) in [6, 6.07) is 6.32. The molecule has 1 aromatic carbocycles. The van der Waals surface area contributed by atoms with Crippen molar-refractivity contribution in [2.45, 2.75) is 38.5 Å². The molecule has 3 rings (SSSR count). The molecular weight excluding hydrogens is 224 g/mol. The number of fused-ring (bicyclic) bond motifs is 1. The van der Waals surface area contributed by atoms with E-state index in [0.29, 0.717) is 12.2 Å². The lowest BCUT2D eigenvalue weighted by Crippen LogP contribution is -2.02. The Hall–Kier alpha value is -1.57. The summed E-state index contributed by atoms with van der Waals surface area (Å²) in [5, 5.41) is 0. The topological polar surface area (TPSA) is 26.3 Å². The van der Waals surface area contributed by atoms with Crippen molar-refractivity contribution in [3.63, 3.8) is 0 Å². The van der Waals surface area contributed by atoms with E-state index in [1.807, 2.05) is 6.07 Å². The smallest absolute Gasteiger partial charge is 0.158 e. The van der Waals surface area contributed by atoms with Crippen molar-refractivity contribution in [1.82, 2.24) is 0 Å². The lowest BCUT2D eigenvalue weighted by Gasteiger charge is -2.04. The highest BCUT2D eigenvalue weighted by atomic mass is 16.5. The van der Waals surface area contributed by atoms with Gasteiger partial charge in [-0.1, -0.05) is 18.2 Å². The third kappa shape index (κ3) is 2.33. The molecule has 2 heteroatoms. The van der Waals surface area contributed by atoms with E-state index in [9.17, 15) is 4.79 Å². The lowest BCUT2D eigenvalue weighted by molar-refractivity contribution is -0.115. The standard InChI is InChI=1S/C16H18O2/c17-15(13-3-1-2-4-13)7-5-12-6-8-16-14(11-12)9-10-18-16/h3,6,8,11H,1-2,4-5,7,9-10H2. The van der Waals surface area contributed by atoms with Crippen LogP contribution in [0.2, 0.25) is 0 Å². The molecule has 1 aliphatic heterocycles. The van der Waals surface area contributed by atoms with E-state index >= 15 is 0 Å². The molecule has 0 unspecified atom stereocenters. The summed E-state index contributed by atoms with van der Waals surface area (Å²) in [4.78, 5) is 12.0. The first-order valence-electron chi connectivity index (χ1n) is 6.80. The highest BCUT2D eigenvalue weighted by molar-refractivity contribution is 5.95. The summed E-state index contributed by atoms with van der Waals surface area (Å²) in [5.74, 6) is 1.35. The molecule has 0 N–H and O–H groups in total. The second kappa shape index (κ2) is 4.97. The normalized spacial score (nSPS) is 17.2. The Morgan fingerprint density at radius 1 is 1.28 bits per heavy atom. The predicted octanol–water partition coefficient (Wildman–Crippen LogP) is 3.23. The van der Waals surface area contributed by atoms with Crippen LogP contribution in [0.1, 0.15) is 36.8 Å². The molecule has 1 aliphatic carbocycles. The van der Waals surface area contributed by atoms with Crippen molar-refractivity contribution < 1.29 is 9.53 Å². The van der Waals surface area contributed by atoms with Gasteiger partial charge in [-0.25, -0.2) is 0 Å². The minimum Gasteiger partial charge on any atom is -0.493 e. The van der Waals surface area contributed by atoms with Crippen LogP contribution in [0.5, 0.6) is 5.75 Å².